The van der Waals surface area contributed by atoms with Crippen LogP contribution in [0, 0.1) is 13.8 Å². The fourth-order valence-corrected chi connectivity index (χ4v) is 4.71. The third-order valence-electron chi connectivity index (χ3n) is 4.88. The fraction of sp³-hybridized carbons (Fsp3) is 0.286. The van der Waals surface area contributed by atoms with Gasteiger partial charge in [0.2, 0.25) is 10.0 Å². The van der Waals surface area contributed by atoms with E-state index in [4.69, 9.17) is 0 Å². The minimum atomic E-state index is -3.53. The number of hydrogen-bond acceptors (Lipinski definition) is 4. The van der Waals surface area contributed by atoms with Gasteiger partial charge in [0, 0.05) is 19.2 Å². The van der Waals surface area contributed by atoms with Crippen molar-refractivity contribution in [1.29, 1.82) is 0 Å². The molecule has 0 saturated carbocycles. The van der Waals surface area contributed by atoms with Crippen LogP contribution in [0.3, 0.4) is 0 Å². The number of fused-ring (bicyclic) bond motifs is 1. The molecule has 6 heteroatoms. The summed E-state index contributed by atoms with van der Waals surface area (Å²) in [6, 6.07) is 10.8. The number of nitrogens with zero attached hydrogens (tertiary/aromatic N) is 1. The van der Waals surface area contributed by atoms with Gasteiger partial charge in [0.05, 0.1) is 12.0 Å². The zero-order valence-electron chi connectivity index (χ0n) is 15.7. The number of methoxy groups -OCH3 is 1. The zero-order chi connectivity index (χ0) is 19.6. The molecular formula is C21H23NO4S. The number of esters is 1. The van der Waals surface area contributed by atoms with E-state index in [2.05, 4.69) is 4.74 Å². The van der Waals surface area contributed by atoms with Gasteiger partial charge in [0.1, 0.15) is 0 Å². The molecule has 1 heterocycles. The molecule has 0 unspecified atom stereocenters. The molecule has 0 fully saturated rings. The highest BCUT2D eigenvalue weighted by Gasteiger charge is 2.29. The summed E-state index contributed by atoms with van der Waals surface area (Å²) < 4.78 is 32.1. The summed E-state index contributed by atoms with van der Waals surface area (Å²) in [6.07, 6.45) is 3.76. The molecule has 0 N–H and O–H groups in total. The smallest absolute Gasteiger partial charge is 0.330 e. The SMILES string of the molecule is COC(=O)/C=C/c1c(C)ccc2c1CCN(S(=O)(=O)c1ccc(C)cc1)C2. The van der Waals surface area contributed by atoms with E-state index in [0.717, 1.165) is 27.8 Å². The molecule has 27 heavy (non-hydrogen) atoms. The maximum absolute atomic E-state index is 13.0. The summed E-state index contributed by atoms with van der Waals surface area (Å²) in [5, 5.41) is 0. The Kier molecular flexibility index (Phi) is 5.48. The van der Waals surface area contributed by atoms with Gasteiger partial charge in [-0.2, -0.15) is 4.31 Å². The van der Waals surface area contributed by atoms with Crippen molar-refractivity contribution in [3.63, 3.8) is 0 Å². The number of ether oxygens (including phenoxy) is 1. The maximum Gasteiger partial charge on any atom is 0.330 e. The minimum absolute atomic E-state index is 0.314. The maximum atomic E-state index is 13.0. The van der Waals surface area contributed by atoms with Crippen LogP contribution >= 0.6 is 0 Å². The number of carbonyl (C=O) groups is 1. The predicted molar refractivity (Wildman–Crippen MR) is 105 cm³/mol. The quantitative estimate of drug-likeness (QED) is 0.599. The Balaban J connectivity index is 1.92. The van der Waals surface area contributed by atoms with Crippen LogP contribution in [0.4, 0.5) is 0 Å². The van der Waals surface area contributed by atoms with Gasteiger partial charge in [-0.05, 0) is 60.7 Å². The zero-order valence-corrected chi connectivity index (χ0v) is 16.5. The summed E-state index contributed by atoms with van der Waals surface area (Å²) in [5.74, 6) is -0.411. The number of hydrogen-bond donors (Lipinski definition) is 0. The normalized spacial score (nSPS) is 14.9. The summed E-state index contributed by atoms with van der Waals surface area (Å²) in [4.78, 5) is 11.7. The Bertz CT molecular complexity index is 992. The Morgan fingerprint density at radius 2 is 1.81 bits per heavy atom. The topological polar surface area (TPSA) is 63.7 Å². The molecule has 5 nitrogen and oxygen atoms in total. The van der Waals surface area contributed by atoms with E-state index in [1.165, 1.54) is 17.5 Å². The second-order valence-corrected chi connectivity index (χ2v) is 8.63. The van der Waals surface area contributed by atoms with Crippen LogP contribution in [0.15, 0.2) is 47.4 Å². The molecule has 2 aromatic carbocycles. The number of sulfonamides is 1. The van der Waals surface area contributed by atoms with Crippen LogP contribution in [-0.2, 0) is 32.5 Å². The molecule has 3 rings (SSSR count). The van der Waals surface area contributed by atoms with Crippen molar-refractivity contribution in [2.24, 2.45) is 0 Å². The van der Waals surface area contributed by atoms with E-state index in [1.54, 1.807) is 18.2 Å². The van der Waals surface area contributed by atoms with Crippen LogP contribution in [0.25, 0.3) is 6.08 Å². The van der Waals surface area contributed by atoms with Crippen LogP contribution in [0.2, 0.25) is 0 Å². The number of benzene rings is 2. The first-order chi connectivity index (χ1) is 12.8. The molecule has 0 aliphatic carbocycles. The van der Waals surface area contributed by atoms with Crippen LogP contribution in [0.1, 0.15) is 27.8 Å². The highest BCUT2D eigenvalue weighted by molar-refractivity contribution is 7.89. The van der Waals surface area contributed by atoms with Gasteiger partial charge in [0.15, 0.2) is 0 Å². The van der Waals surface area contributed by atoms with Gasteiger partial charge < -0.3 is 4.74 Å². The molecule has 142 valence electrons. The Morgan fingerprint density at radius 3 is 2.48 bits per heavy atom. The average Bonchev–Trinajstić information content (AvgIpc) is 2.66. The number of rotatable bonds is 4. The molecule has 1 aliphatic heterocycles. The lowest BCUT2D eigenvalue weighted by atomic mass is 9.92. The van der Waals surface area contributed by atoms with Gasteiger partial charge in [-0.15, -0.1) is 0 Å². The molecule has 0 saturated heterocycles. The summed E-state index contributed by atoms with van der Waals surface area (Å²) >= 11 is 0. The van der Waals surface area contributed by atoms with Crippen LogP contribution < -0.4 is 0 Å². The molecule has 1 aliphatic rings. The molecule has 0 aromatic heterocycles. The summed E-state index contributed by atoms with van der Waals surface area (Å²) in [6.45, 7) is 4.64. The van der Waals surface area contributed by atoms with Gasteiger partial charge in [-0.1, -0.05) is 29.8 Å². The summed E-state index contributed by atoms with van der Waals surface area (Å²) in [5.41, 5.74) is 5.09. The van der Waals surface area contributed by atoms with Gasteiger partial charge >= 0.3 is 5.97 Å². The monoisotopic (exact) mass is 385 g/mol. The first-order valence-electron chi connectivity index (χ1n) is 8.77. The number of carbonyl (C=O) groups excluding carboxylic acids is 1. The lowest BCUT2D eigenvalue weighted by molar-refractivity contribution is -0.134. The lowest BCUT2D eigenvalue weighted by Crippen LogP contribution is -2.36. The molecule has 0 atom stereocenters. The van der Waals surface area contributed by atoms with Crippen molar-refractivity contribution in [2.45, 2.75) is 31.7 Å². The highest BCUT2D eigenvalue weighted by Crippen LogP contribution is 2.29. The Morgan fingerprint density at radius 1 is 1.11 bits per heavy atom. The minimum Gasteiger partial charge on any atom is -0.466 e. The first kappa shape index (κ1) is 19.3. The fourth-order valence-electron chi connectivity index (χ4n) is 3.29. The van der Waals surface area contributed by atoms with Gasteiger partial charge in [-0.25, -0.2) is 13.2 Å². The van der Waals surface area contributed by atoms with E-state index in [0.29, 0.717) is 24.4 Å². The van der Waals surface area contributed by atoms with Crippen molar-refractivity contribution < 1.29 is 17.9 Å². The number of aryl methyl sites for hydroxylation is 2. The molecule has 0 radical (unpaired) electrons. The lowest BCUT2D eigenvalue weighted by Gasteiger charge is -2.29. The van der Waals surface area contributed by atoms with Crippen molar-refractivity contribution >= 4 is 22.1 Å². The van der Waals surface area contributed by atoms with E-state index >= 15 is 0 Å². The van der Waals surface area contributed by atoms with E-state index < -0.39 is 16.0 Å². The van der Waals surface area contributed by atoms with E-state index in [1.807, 2.05) is 38.1 Å². The average molecular weight is 385 g/mol. The predicted octanol–water partition coefficient (Wildman–Crippen LogP) is 3.24. The summed E-state index contributed by atoms with van der Waals surface area (Å²) in [7, 11) is -2.19. The van der Waals surface area contributed by atoms with Crippen molar-refractivity contribution in [2.75, 3.05) is 13.7 Å². The van der Waals surface area contributed by atoms with Crippen molar-refractivity contribution in [3.05, 3.63) is 70.3 Å². The van der Waals surface area contributed by atoms with E-state index in [9.17, 15) is 13.2 Å². The third kappa shape index (κ3) is 3.96. The first-order valence-corrected chi connectivity index (χ1v) is 10.2. The third-order valence-corrected chi connectivity index (χ3v) is 6.74. The Hall–Kier alpha value is -2.44. The molecule has 0 spiro atoms. The van der Waals surface area contributed by atoms with E-state index in [-0.39, 0.29) is 0 Å². The van der Waals surface area contributed by atoms with Crippen molar-refractivity contribution in [3.8, 4) is 0 Å². The van der Waals surface area contributed by atoms with Crippen molar-refractivity contribution in [1.82, 2.24) is 4.31 Å². The van der Waals surface area contributed by atoms with Gasteiger partial charge in [0.25, 0.3) is 0 Å². The van der Waals surface area contributed by atoms with Crippen LogP contribution in [0.5, 0.6) is 0 Å². The second kappa shape index (κ2) is 7.66. The second-order valence-electron chi connectivity index (χ2n) is 6.69. The highest BCUT2D eigenvalue weighted by atomic mass is 32.2. The largest absolute Gasteiger partial charge is 0.466 e. The van der Waals surface area contributed by atoms with Crippen LogP contribution in [-0.4, -0.2) is 32.3 Å². The molecule has 0 bridgehead atoms. The molecule has 2 aromatic rings. The van der Waals surface area contributed by atoms with Gasteiger partial charge in [-0.3, -0.25) is 0 Å². The Labute approximate surface area is 160 Å². The molecular weight excluding hydrogens is 362 g/mol. The molecule has 0 amide bonds. The standard InChI is InChI=1S/C21H23NO4S/c1-15-4-8-18(9-5-15)27(24,25)22-13-12-20-17(14-22)7-6-16(2)19(20)10-11-21(23)26-3/h4-11H,12-14H2,1-3H3/b11-10+.